The van der Waals surface area contributed by atoms with E-state index in [0.717, 1.165) is 60.0 Å². The summed E-state index contributed by atoms with van der Waals surface area (Å²) >= 11 is 0. The molecule has 0 atom stereocenters. The number of halogens is 1. The highest BCUT2D eigenvalue weighted by Gasteiger charge is 2.20. The molecule has 0 spiro atoms. The predicted octanol–water partition coefficient (Wildman–Crippen LogP) is 4.11. The van der Waals surface area contributed by atoms with E-state index in [9.17, 15) is 4.79 Å². The Bertz CT molecular complexity index is 1250. The molecule has 7 nitrogen and oxygen atoms in total. The van der Waals surface area contributed by atoms with Crippen molar-refractivity contribution < 1.29 is 9.53 Å². The van der Waals surface area contributed by atoms with E-state index < -0.39 is 0 Å². The number of methoxy groups -OCH3 is 1. The maximum atomic E-state index is 12.8. The van der Waals surface area contributed by atoms with Crippen LogP contribution in [0.5, 0.6) is 5.75 Å². The maximum absolute atomic E-state index is 12.8. The first-order chi connectivity index (χ1) is 15.6. The van der Waals surface area contributed by atoms with E-state index in [1.165, 1.54) is 0 Å². The van der Waals surface area contributed by atoms with Gasteiger partial charge in [0.25, 0.3) is 5.91 Å². The molecule has 1 fully saturated rings. The first-order valence-corrected chi connectivity index (χ1v) is 10.7. The van der Waals surface area contributed by atoms with Crippen molar-refractivity contribution in [3.63, 3.8) is 0 Å². The first-order valence-electron chi connectivity index (χ1n) is 10.7. The lowest BCUT2D eigenvalue weighted by molar-refractivity contribution is 0.0664. The van der Waals surface area contributed by atoms with Gasteiger partial charge < -0.3 is 19.5 Å². The second kappa shape index (κ2) is 9.60. The van der Waals surface area contributed by atoms with Crippen LogP contribution in [0.2, 0.25) is 0 Å². The molecular weight excluding hydrogens is 438 g/mol. The van der Waals surface area contributed by atoms with Gasteiger partial charge in [0.05, 0.1) is 12.6 Å². The largest absolute Gasteiger partial charge is 0.497 e. The van der Waals surface area contributed by atoms with Gasteiger partial charge in [-0.3, -0.25) is 4.79 Å². The molecule has 8 heteroatoms. The molecule has 0 unspecified atom stereocenters. The Morgan fingerprint density at radius 2 is 1.61 bits per heavy atom. The third-order valence-electron chi connectivity index (χ3n) is 5.99. The topological polar surface area (TPSA) is 74.4 Å². The number of aromatic amines is 1. The molecule has 2 aromatic carbocycles. The summed E-state index contributed by atoms with van der Waals surface area (Å²) in [6.45, 7) is 3.35. The fourth-order valence-corrected chi connectivity index (χ4v) is 4.02. The Hall–Kier alpha value is -3.42. The number of hydrogen-bond acceptors (Lipinski definition) is 5. The number of carbonyl (C=O) groups is 1. The third-order valence-corrected chi connectivity index (χ3v) is 5.99. The molecule has 4 aromatic rings. The SMILES string of the molecule is COc1ccc(-c2ccnc3nc(-c4ccc(C(=O)N5CCN(C)CC5)cc4)[nH]c23)cc1.Cl. The van der Waals surface area contributed by atoms with E-state index in [2.05, 4.69) is 26.9 Å². The number of H-pyrrole nitrogens is 1. The number of amides is 1. The summed E-state index contributed by atoms with van der Waals surface area (Å²) in [5, 5.41) is 0. The van der Waals surface area contributed by atoms with Crippen LogP contribution in [0.4, 0.5) is 0 Å². The lowest BCUT2D eigenvalue weighted by Gasteiger charge is -2.32. The highest BCUT2D eigenvalue weighted by atomic mass is 35.5. The van der Waals surface area contributed by atoms with Crippen molar-refractivity contribution in [2.24, 2.45) is 0 Å². The minimum Gasteiger partial charge on any atom is -0.497 e. The van der Waals surface area contributed by atoms with Gasteiger partial charge in [-0.25, -0.2) is 9.97 Å². The fraction of sp³-hybridized carbons (Fsp3) is 0.240. The van der Waals surface area contributed by atoms with Crippen LogP contribution < -0.4 is 4.74 Å². The molecule has 33 heavy (non-hydrogen) atoms. The molecular formula is C25H26ClN5O2. The molecule has 2 aromatic heterocycles. The molecule has 0 radical (unpaired) electrons. The number of piperazine rings is 1. The van der Waals surface area contributed by atoms with Gasteiger partial charge in [0.15, 0.2) is 5.65 Å². The van der Waals surface area contributed by atoms with E-state index in [-0.39, 0.29) is 18.3 Å². The lowest BCUT2D eigenvalue weighted by atomic mass is 10.1. The number of fused-ring (bicyclic) bond motifs is 1. The Balaban J connectivity index is 0.00000259. The number of rotatable bonds is 4. The van der Waals surface area contributed by atoms with Gasteiger partial charge >= 0.3 is 0 Å². The van der Waals surface area contributed by atoms with Gasteiger partial charge in [0.1, 0.15) is 11.6 Å². The standard InChI is InChI=1S/C25H25N5O2.ClH/c1-29-13-15-30(16-14-29)25(31)19-5-3-18(4-6-19)23-27-22-21(11-12-26-24(22)28-23)17-7-9-20(32-2)10-8-17;/h3-12H,13-16H2,1-2H3,(H,26,27,28);1H. The summed E-state index contributed by atoms with van der Waals surface area (Å²) in [4.78, 5) is 29.5. The normalized spacial score (nSPS) is 14.2. The molecule has 5 rings (SSSR count). The van der Waals surface area contributed by atoms with E-state index in [4.69, 9.17) is 4.74 Å². The predicted molar refractivity (Wildman–Crippen MR) is 132 cm³/mol. The van der Waals surface area contributed by atoms with Crippen molar-refractivity contribution in [3.05, 3.63) is 66.4 Å². The average molecular weight is 464 g/mol. The number of ether oxygens (including phenoxy) is 1. The molecule has 0 aliphatic carbocycles. The molecule has 3 heterocycles. The number of likely N-dealkylation sites (N-methyl/N-ethyl adjacent to an activating group) is 1. The quantitative estimate of drug-likeness (QED) is 0.493. The number of carbonyl (C=O) groups excluding carboxylic acids is 1. The average Bonchev–Trinajstić information content (AvgIpc) is 3.29. The Kier molecular flexibility index (Phi) is 6.62. The monoisotopic (exact) mass is 463 g/mol. The minimum absolute atomic E-state index is 0. The summed E-state index contributed by atoms with van der Waals surface area (Å²) in [5.74, 6) is 1.63. The Morgan fingerprint density at radius 3 is 2.27 bits per heavy atom. The molecule has 0 saturated carbocycles. The van der Waals surface area contributed by atoms with Gasteiger partial charge in [-0.15, -0.1) is 12.4 Å². The van der Waals surface area contributed by atoms with Crippen LogP contribution in [-0.4, -0.2) is 71.0 Å². The summed E-state index contributed by atoms with van der Waals surface area (Å²) in [6, 6.07) is 17.5. The van der Waals surface area contributed by atoms with Gasteiger partial charge in [-0.1, -0.05) is 24.3 Å². The summed E-state index contributed by atoms with van der Waals surface area (Å²) in [6.07, 6.45) is 1.77. The number of nitrogens with one attached hydrogen (secondary N) is 1. The number of hydrogen-bond donors (Lipinski definition) is 1. The van der Waals surface area contributed by atoms with Crippen LogP contribution in [0.15, 0.2) is 60.8 Å². The fourth-order valence-electron chi connectivity index (χ4n) is 4.02. The number of benzene rings is 2. The van der Waals surface area contributed by atoms with E-state index in [1.807, 2.05) is 59.5 Å². The zero-order valence-electron chi connectivity index (χ0n) is 18.6. The van der Waals surface area contributed by atoms with Gasteiger partial charge in [-0.05, 0) is 42.9 Å². The van der Waals surface area contributed by atoms with Crippen LogP contribution >= 0.6 is 12.4 Å². The minimum atomic E-state index is 0. The van der Waals surface area contributed by atoms with Gasteiger partial charge in [-0.2, -0.15) is 0 Å². The van der Waals surface area contributed by atoms with Crippen LogP contribution in [0.3, 0.4) is 0 Å². The molecule has 1 aliphatic rings. The van der Waals surface area contributed by atoms with E-state index >= 15 is 0 Å². The molecule has 1 aliphatic heterocycles. The molecule has 1 saturated heterocycles. The van der Waals surface area contributed by atoms with Crippen LogP contribution in [0.1, 0.15) is 10.4 Å². The Morgan fingerprint density at radius 1 is 0.939 bits per heavy atom. The third kappa shape index (κ3) is 4.55. The maximum Gasteiger partial charge on any atom is 0.253 e. The van der Waals surface area contributed by atoms with Crippen LogP contribution in [0.25, 0.3) is 33.7 Å². The number of aromatic nitrogens is 3. The van der Waals surface area contributed by atoms with Crippen LogP contribution in [-0.2, 0) is 0 Å². The van der Waals surface area contributed by atoms with Gasteiger partial charge in [0, 0.05) is 49.1 Å². The molecule has 1 N–H and O–H groups in total. The first kappa shape index (κ1) is 22.8. The van der Waals surface area contributed by atoms with E-state index in [0.29, 0.717) is 11.2 Å². The highest BCUT2D eigenvalue weighted by molar-refractivity contribution is 5.95. The lowest BCUT2D eigenvalue weighted by Crippen LogP contribution is -2.47. The summed E-state index contributed by atoms with van der Waals surface area (Å²) in [5.41, 5.74) is 5.24. The zero-order valence-corrected chi connectivity index (χ0v) is 19.4. The van der Waals surface area contributed by atoms with Crippen molar-refractivity contribution in [2.45, 2.75) is 0 Å². The molecule has 0 bridgehead atoms. The van der Waals surface area contributed by atoms with Crippen molar-refractivity contribution in [3.8, 4) is 28.3 Å². The highest BCUT2D eigenvalue weighted by Crippen LogP contribution is 2.29. The molecule has 1 amide bonds. The van der Waals surface area contributed by atoms with Crippen molar-refractivity contribution in [1.29, 1.82) is 0 Å². The Labute approximate surface area is 198 Å². The zero-order chi connectivity index (χ0) is 22.1. The van der Waals surface area contributed by atoms with Crippen LogP contribution in [0, 0.1) is 0 Å². The van der Waals surface area contributed by atoms with E-state index in [1.54, 1.807) is 13.3 Å². The summed E-state index contributed by atoms with van der Waals surface area (Å²) < 4.78 is 5.26. The summed E-state index contributed by atoms with van der Waals surface area (Å²) in [7, 11) is 3.74. The van der Waals surface area contributed by atoms with Crippen molar-refractivity contribution >= 4 is 29.5 Å². The number of imidazole rings is 1. The second-order valence-electron chi connectivity index (χ2n) is 8.04. The second-order valence-corrected chi connectivity index (χ2v) is 8.04. The smallest absolute Gasteiger partial charge is 0.253 e. The number of nitrogens with zero attached hydrogens (tertiary/aromatic N) is 4. The van der Waals surface area contributed by atoms with Crippen molar-refractivity contribution in [2.75, 3.05) is 40.3 Å². The van der Waals surface area contributed by atoms with Crippen molar-refractivity contribution in [1.82, 2.24) is 24.8 Å². The molecule has 170 valence electrons. The number of pyridine rings is 1. The van der Waals surface area contributed by atoms with Gasteiger partial charge in [0.2, 0.25) is 0 Å².